The maximum Gasteiger partial charge on any atom is 0.306 e. The molecule has 0 heterocycles. The fraction of sp³-hybridized carbons (Fsp3) is 0.803. The number of ether oxygens (including phenoxy) is 3. The lowest BCUT2D eigenvalue weighted by Crippen LogP contribution is -2.30. The van der Waals surface area contributed by atoms with E-state index in [4.69, 9.17) is 14.2 Å². The van der Waals surface area contributed by atoms with E-state index in [1.54, 1.807) is 0 Å². The summed E-state index contributed by atoms with van der Waals surface area (Å²) in [6.07, 6.45) is 76.5. The zero-order valence-electron chi connectivity index (χ0n) is 47.9. The van der Waals surface area contributed by atoms with Gasteiger partial charge in [0.25, 0.3) is 0 Å². The highest BCUT2D eigenvalue weighted by Crippen LogP contribution is 2.17. The molecular formula is C66H118O6. The molecule has 0 aromatic carbocycles. The second-order valence-electron chi connectivity index (χ2n) is 21.0. The van der Waals surface area contributed by atoms with Gasteiger partial charge in [0.2, 0.25) is 0 Å². The van der Waals surface area contributed by atoms with Crippen molar-refractivity contribution in [3.63, 3.8) is 0 Å². The van der Waals surface area contributed by atoms with Crippen molar-refractivity contribution in [2.75, 3.05) is 13.2 Å². The Morgan fingerprint density at radius 2 is 0.528 bits per heavy atom. The number of hydrogen-bond acceptors (Lipinski definition) is 6. The molecule has 0 aliphatic rings. The van der Waals surface area contributed by atoms with Gasteiger partial charge in [-0.15, -0.1) is 0 Å². The zero-order valence-corrected chi connectivity index (χ0v) is 47.9. The summed E-state index contributed by atoms with van der Waals surface area (Å²) in [4.78, 5) is 38.2. The summed E-state index contributed by atoms with van der Waals surface area (Å²) in [5, 5.41) is 0. The smallest absolute Gasteiger partial charge is 0.306 e. The van der Waals surface area contributed by atoms with Crippen LogP contribution >= 0.6 is 0 Å². The molecule has 0 radical (unpaired) electrons. The van der Waals surface area contributed by atoms with Crippen molar-refractivity contribution in [1.29, 1.82) is 0 Å². The van der Waals surface area contributed by atoms with Gasteiger partial charge in [0, 0.05) is 19.3 Å². The van der Waals surface area contributed by atoms with Gasteiger partial charge in [-0.25, -0.2) is 0 Å². The topological polar surface area (TPSA) is 78.9 Å². The van der Waals surface area contributed by atoms with Crippen molar-refractivity contribution in [1.82, 2.24) is 0 Å². The molecule has 0 saturated carbocycles. The van der Waals surface area contributed by atoms with Crippen LogP contribution in [0.4, 0.5) is 0 Å². The zero-order chi connectivity index (χ0) is 52.2. The SMILES string of the molecule is CCC/C=C\C/C=C\CCCCCCCC(=O)OCC(COC(=O)CCCCCCCCCCCCCCCCCCCCCCCC)OC(=O)CCCCCCCC/C=C\C/C=C\C/C=C\CCCCC. The Kier molecular flexibility index (Phi) is 58.2. The van der Waals surface area contributed by atoms with Gasteiger partial charge >= 0.3 is 17.9 Å². The Bertz CT molecular complexity index is 1290. The van der Waals surface area contributed by atoms with Gasteiger partial charge in [0.05, 0.1) is 0 Å². The van der Waals surface area contributed by atoms with Crippen LogP contribution in [0.15, 0.2) is 60.8 Å². The van der Waals surface area contributed by atoms with Gasteiger partial charge in [-0.1, -0.05) is 281 Å². The second-order valence-corrected chi connectivity index (χ2v) is 21.0. The van der Waals surface area contributed by atoms with E-state index in [9.17, 15) is 14.4 Å². The monoisotopic (exact) mass is 1010 g/mol. The van der Waals surface area contributed by atoms with Crippen LogP contribution in [0.3, 0.4) is 0 Å². The first-order valence-corrected chi connectivity index (χ1v) is 31.3. The van der Waals surface area contributed by atoms with Crippen LogP contribution < -0.4 is 0 Å². The maximum atomic E-state index is 12.9. The predicted octanol–water partition coefficient (Wildman–Crippen LogP) is 21.2. The number of esters is 3. The summed E-state index contributed by atoms with van der Waals surface area (Å²) in [6.45, 7) is 6.57. The third-order valence-corrected chi connectivity index (χ3v) is 13.7. The third kappa shape index (κ3) is 58.0. The van der Waals surface area contributed by atoms with Crippen LogP contribution in [0.1, 0.15) is 323 Å². The van der Waals surface area contributed by atoms with Crippen molar-refractivity contribution >= 4 is 17.9 Å². The number of carbonyl (C=O) groups is 3. The molecule has 0 N–H and O–H groups in total. The summed E-state index contributed by atoms with van der Waals surface area (Å²) in [6, 6.07) is 0. The molecule has 0 aromatic heterocycles. The molecule has 418 valence electrons. The minimum atomic E-state index is -0.786. The number of unbranched alkanes of at least 4 members (excludes halogenated alkanes) is 36. The highest BCUT2D eigenvalue weighted by molar-refractivity contribution is 5.71. The average molecular weight is 1010 g/mol. The summed E-state index contributed by atoms with van der Waals surface area (Å²) < 4.78 is 16.9. The van der Waals surface area contributed by atoms with Gasteiger partial charge in [0.1, 0.15) is 13.2 Å². The summed E-state index contributed by atoms with van der Waals surface area (Å²) in [5.74, 6) is -0.893. The van der Waals surface area contributed by atoms with Crippen LogP contribution in [0.25, 0.3) is 0 Å². The molecule has 0 aliphatic heterocycles. The molecule has 0 saturated heterocycles. The summed E-state index contributed by atoms with van der Waals surface area (Å²) >= 11 is 0. The molecular weight excluding hydrogens is 889 g/mol. The molecule has 0 spiro atoms. The molecule has 0 fully saturated rings. The molecule has 6 heteroatoms. The van der Waals surface area contributed by atoms with E-state index in [2.05, 4.69) is 81.5 Å². The van der Waals surface area contributed by atoms with Gasteiger partial charge in [-0.2, -0.15) is 0 Å². The van der Waals surface area contributed by atoms with E-state index < -0.39 is 6.10 Å². The van der Waals surface area contributed by atoms with E-state index in [-0.39, 0.29) is 31.1 Å². The van der Waals surface area contributed by atoms with Gasteiger partial charge in [-0.05, 0) is 83.5 Å². The fourth-order valence-electron chi connectivity index (χ4n) is 9.02. The highest BCUT2D eigenvalue weighted by atomic mass is 16.6. The van der Waals surface area contributed by atoms with Crippen molar-refractivity contribution in [2.24, 2.45) is 0 Å². The Balaban J connectivity index is 4.32. The van der Waals surface area contributed by atoms with Gasteiger partial charge in [0.15, 0.2) is 6.10 Å². The predicted molar refractivity (Wildman–Crippen MR) is 312 cm³/mol. The molecule has 0 aromatic rings. The van der Waals surface area contributed by atoms with Gasteiger partial charge < -0.3 is 14.2 Å². The van der Waals surface area contributed by atoms with Crippen LogP contribution in [0, 0.1) is 0 Å². The Morgan fingerprint density at radius 1 is 0.278 bits per heavy atom. The Hall–Kier alpha value is -2.89. The molecule has 0 amide bonds. The van der Waals surface area contributed by atoms with E-state index in [1.165, 1.54) is 173 Å². The van der Waals surface area contributed by atoms with Crippen LogP contribution in [-0.2, 0) is 28.6 Å². The summed E-state index contributed by atoms with van der Waals surface area (Å²) in [7, 11) is 0. The normalized spacial score (nSPS) is 12.4. The first kappa shape index (κ1) is 69.1. The Labute approximate surface area is 447 Å². The van der Waals surface area contributed by atoms with Crippen LogP contribution in [0.5, 0.6) is 0 Å². The van der Waals surface area contributed by atoms with E-state index in [1.807, 2.05) is 0 Å². The van der Waals surface area contributed by atoms with Crippen molar-refractivity contribution < 1.29 is 28.6 Å². The van der Waals surface area contributed by atoms with E-state index in [0.29, 0.717) is 19.3 Å². The average Bonchev–Trinajstić information content (AvgIpc) is 3.38. The first-order valence-electron chi connectivity index (χ1n) is 31.3. The molecule has 0 aliphatic carbocycles. The summed E-state index contributed by atoms with van der Waals surface area (Å²) in [5.41, 5.74) is 0. The van der Waals surface area contributed by atoms with E-state index in [0.717, 1.165) is 109 Å². The number of rotatable bonds is 57. The Morgan fingerprint density at radius 3 is 0.861 bits per heavy atom. The van der Waals surface area contributed by atoms with Crippen LogP contribution in [-0.4, -0.2) is 37.2 Å². The standard InChI is InChI=1S/C66H118O6/c1-4-7-10-13-16-19-22-25-27-29-31-32-33-35-36-38-41-44-47-50-53-56-59-65(68)71-62-63(61-70-64(67)58-55-52-49-46-43-40-24-21-18-15-12-9-6-3)72-66(69)60-57-54-51-48-45-42-39-37-34-30-28-26-23-20-17-14-11-8-5-2/h12,15,17,20-21,24,26,28,34,37,63H,4-11,13-14,16,18-19,22-23,25,27,29-33,35-36,38-62H2,1-3H3/b15-12-,20-17-,24-21-,28-26-,37-34-. The van der Waals surface area contributed by atoms with Crippen LogP contribution in [0.2, 0.25) is 0 Å². The lowest BCUT2D eigenvalue weighted by Gasteiger charge is -2.18. The molecule has 1 atom stereocenters. The largest absolute Gasteiger partial charge is 0.462 e. The lowest BCUT2D eigenvalue weighted by atomic mass is 10.0. The number of hydrogen-bond donors (Lipinski definition) is 0. The maximum absolute atomic E-state index is 12.9. The number of carbonyl (C=O) groups excluding carboxylic acids is 3. The fourth-order valence-corrected chi connectivity index (χ4v) is 9.02. The second kappa shape index (κ2) is 60.7. The third-order valence-electron chi connectivity index (χ3n) is 13.7. The highest BCUT2D eigenvalue weighted by Gasteiger charge is 2.19. The van der Waals surface area contributed by atoms with Crippen molar-refractivity contribution in [3.05, 3.63) is 60.8 Å². The quantitative estimate of drug-likeness (QED) is 0.0261. The van der Waals surface area contributed by atoms with Crippen molar-refractivity contribution in [3.8, 4) is 0 Å². The molecule has 1 unspecified atom stereocenters. The molecule has 0 rings (SSSR count). The minimum Gasteiger partial charge on any atom is -0.462 e. The molecule has 0 bridgehead atoms. The minimum absolute atomic E-state index is 0.0814. The molecule has 72 heavy (non-hydrogen) atoms. The first-order chi connectivity index (χ1) is 35.5. The van der Waals surface area contributed by atoms with Crippen molar-refractivity contribution in [2.45, 2.75) is 329 Å². The lowest BCUT2D eigenvalue weighted by molar-refractivity contribution is -0.167. The van der Waals surface area contributed by atoms with Gasteiger partial charge in [-0.3, -0.25) is 14.4 Å². The van der Waals surface area contributed by atoms with E-state index >= 15 is 0 Å². The molecule has 6 nitrogen and oxygen atoms in total. The number of allylic oxidation sites excluding steroid dienone is 10.